The molecule has 0 bridgehead atoms. The van der Waals surface area contributed by atoms with Crippen molar-refractivity contribution in [2.24, 2.45) is 0 Å². The molecule has 8 nitrogen and oxygen atoms in total. The van der Waals surface area contributed by atoms with E-state index in [9.17, 15) is 36.3 Å². The lowest BCUT2D eigenvalue weighted by Crippen LogP contribution is -2.36. The van der Waals surface area contributed by atoms with Crippen molar-refractivity contribution in [2.45, 2.75) is 37.1 Å². The molecular weight excluding hydrogens is 465 g/mol. The predicted octanol–water partition coefficient (Wildman–Crippen LogP) is 2.43. The van der Waals surface area contributed by atoms with Crippen molar-refractivity contribution in [2.75, 3.05) is 13.2 Å². The molecule has 1 aliphatic heterocycles. The van der Waals surface area contributed by atoms with Crippen molar-refractivity contribution in [3.8, 4) is 5.75 Å². The van der Waals surface area contributed by atoms with Crippen LogP contribution in [0.3, 0.4) is 0 Å². The summed E-state index contributed by atoms with van der Waals surface area (Å²) < 4.78 is 69.4. The number of carbonyl (C=O) groups excluding carboxylic acids is 2. The fourth-order valence-electron chi connectivity index (χ4n) is 3.23. The number of rotatable bonds is 7. The van der Waals surface area contributed by atoms with E-state index < -0.39 is 52.3 Å². The third kappa shape index (κ3) is 5.11. The molecule has 2 aromatic rings. The number of fused-ring (bicyclic) bond motifs is 1. The van der Waals surface area contributed by atoms with E-state index in [2.05, 4.69) is 5.32 Å². The SMILES string of the molecule is CC(C)N1C(=O)c2ccc(C(=O)NCC(O)COc3cccc(C(F)(F)F)c3)cc2S1(=O)=O. The minimum Gasteiger partial charge on any atom is -0.491 e. The van der Waals surface area contributed by atoms with Gasteiger partial charge >= 0.3 is 6.18 Å². The first-order valence-corrected chi connectivity index (χ1v) is 11.3. The Hall–Kier alpha value is -3.12. The summed E-state index contributed by atoms with van der Waals surface area (Å²) in [5, 5.41) is 12.4. The van der Waals surface area contributed by atoms with Crippen LogP contribution in [0.15, 0.2) is 47.4 Å². The smallest absolute Gasteiger partial charge is 0.416 e. The molecule has 0 saturated heterocycles. The van der Waals surface area contributed by atoms with Crippen LogP contribution in [-0.2, 0) is 16.2 Å². The monoisotopic (exact) mass is 486 g/mol. The molecule has 1 heterocycles. The highest BCUT2D eigenvalue weighted by molar-refractivity contribution is 7.90. The van der Waals surface area contributed by atoms with E-state index in [1.165, 1.54) is 24.3 Å². The molecule has 12 heteroatoms. The Morgan fingerprint density at radius 3 is 2.52 bits per heavy atom. The van der Waals surface area contributed by atoms with Crippen LogP contribution in [0.25, 0.3) is 0 Å². The molecule has 178 valence electrons. The largest absolute Gasteiger partial charge is 0.491 e. The molecule has 2 aromatic carbocycles. The Balaban J connectivity index is 1.61. The number of aliphatic hydroxyl groups excluding tert-OH is 1. The molecule has 2 amide bonds. The molecule has 2 N–H and O–H groups in total. The number of amides is 2. The zero-order valence-corrected chi connectivity index (χ0v) is 18.4. The van der Waals surface area contributed by atoms with E-state index in [4.69, 9.17) is 4.74 Å². The number of sulfonamides is 1. The number of ether oxygens (including phenoxy) is 1. The maximum absolute atomic E-state index is 12.7. The standard InChI is InChI=1S/C21H21F3N2O6S/c1-12(2)26-20(29)17-7-6-13(8-18(17)33(26,30)31)19(28)25-10-15(27)11-32-16-5-3-4-14(9-16)21(22,23)24/h3-9,12,15,27H,10-11H2,1-2H3,(H,25,28). The van der Waals surface area contributed by atoms with Crippen LogP contribution in [0, 0.1) is 0 Å². The summed E-state index contributed by atoms with van der Waals surface area (Å²) in [4.78, 5) is 24.5. The van der Waals surface area contributed by atoms with E-state index in [0.29, 0.717) is 0 Å². The van der Waals surface area contributed by atoms with Crippen molar-refractivity contribution in [3.63, 3.8) is 0 Å². The average Bonchev–Trinajstić information content (AvgIpc) is 2.95. The number of benzene rings is 2. The molecule has 1 atom stereocenters. The van der Waals surface area contributed by atoms with E-state index >= 15 is 0 Å². The molecule has 0 aromatic heterocycles. The minimum absolute atomic E-state index is 0.0326. The Bertz CT molecular complexity index is 1180. The van der Waals surface area contributed by atoms with E-state index in [-0.39, 0.29) is 28.3 Å². The Morgan fingerprint density at radius 2 is 1.88 bits per heavy atom. The van der Waals surface area contributed by atoms with E-state index in [1.54, 1.807) is 13.8 Å². The van der Waals surface area contributed by atoms with Gasteiger partial charge in [0.15, 0.2) is 0 Å². The molecule has 0 fully saturated rings. The van der Waals surface area contributed by atoms with E-state index in [1.807, 2.05) is 0 Å². The summed E-state index contributed by atoms with van der Waals surface area (Å²) in [6, 6.07) is 7.17. The van der Waals surface area contributed by atoms with Gasteiger partial charge in [-0.15, -0.1) is 0 Å². The molecule has 33 heavy (non-hydrogen) atoms. The minimum atomic E-state index is -4.54. The zero-order chi connectivity index (χ0) is 24.6. The van der Waals surface area contributed by atoms with Crippen LogP contribution >= 0.6 is 0 Å². The van der Waals surface area contributed by atoms with E-state index in [0.717, 1.165) is 22.5 Å². The molecule has 1 aliphatic rings. The molecule has 0 spiro atoms. The second-order valence-corrected chi connectivity index (χ2v) is 9.39. The second kappa shape index (κ2) is 9.02. The number of nitrogens with zero attached hydrogens (tertiary/aromatic N) is 1. The lowest BCUT2D eigenvalue weighted by molar-refractivity contribution is -0.137. The fourth-order valence-corrected chi connectivity index (χ4v) is 5.02. The summed E-state index contributed by atoms with van der Waals surface area (Å²) in [6.07, 6.45) is -5.79. The first-order chi connectivity index (χ1) is 15.3. The molecule has 0 aliphatic carbocycles. The summed E-state index contributed by atoms with van der Waals surface area (Å²) in [5.74, 6) is -1.48. The summed E-state index contributed by atoms with van der Waals surface area (Å²) in [7, 11) is -4.08. The maximum Gasteiger partial charge on any atom is 0.416 e. The van der Waals surface area contributed by atoms with Gasteiger partial charge < -0.3 is 15.2 Å². The van der Waals surface area contributed by atoms with Crippen LogP contribution in [-0.4, -0.2) is 54.9 Å². The number of aliphatic hydroxyl groups is 1. The van der Waals surface area contributed by atoms with Crippen LogP contribution in [0.4, 0.5) is 13.2 Å². The van der Waals surface area contributed by atoms with Crippen molar-refractivity contribution in [1.29, 1.82) is 0 Å². The van der Waals surface area contributed by atoms with Crippen LogP contribution in [0.5, 0.6) is 5.75 Å². The van der Waals surface area contributed by atoms with Crippen molar-refractivity contribution in [3.05, 3.63) is 59.2 Å². The van der Waals surface area contributed by atoms with Gasteiger partial charge in [-0.1, -0.05) is 6.07 Å². The third-order valence-corrected chi connectivity index (χ3v) is 6.78. The topological polar surface area (TPSA) is 113 Å². The molecular formula is C21H21F3N2O6S. The highest BCUT2D eigenvalue weighted by Crippen LogP contribution is 2.33. The number of carbonyl (C=O) groups is 2. The Kier molecular flexibility index (Phi) is 6.70. The second-order valence-electron chi connectivity index (χ2n) is 7.61. The number of hydrogen-bond acceptors (Lipinski definition) is 6. The first-order valence-electron chi connectivity index (χ1n) is 9.81. The van der Waals surface area contributed by atoms with Gasteiger partial charge in [-0.25, -0.2) is 12.7 Å². The first kappa shape index (κ1) is 24.5. The van der Waals surface area contributed by atoms with Gasteiger partial charge in [0.2, 0.25) is 0 Å². The predicted molar refractivity (Wildman–Crippen MR) is 110 cm³/mol. The number of halogens is 3. The summed E-state index contributed by atoms with van der Waals surface area (Å²) in [5.41, 5.74) is -0.972. The highest BCUT2D eigenvalue weighted by Gasteiger charge is 2.43. The van der Waals surface area contributed by atoms with Crippen molar-refractivity contribution in [1.82, 2.24) is 9.62 Å². The van der Waals surface area contributed by atoms with Gasteiger partial charge in [-0.3, -0.25) is 9.59 Å². The number of hydrogen-bond donors (Lipinski definition) is 2. The van der Waals surface area contributed by atoms with Gasteiger partial charge in [0.05, 0.1) is 11.1 Å². The molecule has 0 saturated carbocycles. The number of nitrogens with one attached hydrogen (secondary N) is 1. The highest BCUT2D eigenvalue weighted by atomic mass is 32.2. The third-order valence-electron chi connectivity index (χ3n) is 4.78. The summed E-state index contributed by atoms with van der Waals surface area (Å²) in [6.45, 7) is 2.41. The van der Waals surface area contributed by atoms with Crippen LogP contribution in [0.1, 0.15) is 40.1 Å². The van der Waals surface area contributed by atoms with Crippen molar-refractivity contribution < 1.29 is 41.0 Å². The fraction of sp³-hybridized carbons (Fsp3) is 0.333. The van der Waals surface area contributed by atoms with Crippen LogP contribution < -0.4 is 10.1 Å². The van der Waals surface area contributed by atoms with Gasteiger partial charge in [0, 0.05) is 18.2 Å². The normalized spacial score (nSPS) is 16.0. The summed E-state index contributed by atoms with van der Waals surface area (Å²) >= 11 is 0. The van der Waals surface area contributed by atoms with Crippen molar-refractivity contribution >= 4 is 21.8 Å². The maximum atomic E-state index is 12.7. The lowest BCUT2D eigenvalue weighted by atomic mass is 10.1. The molecule has 3 rings (SSSR count). The zero-order valence-electron chi connectivity index (χ0n) is 17.6. The molecule has 0 radical (unpaired) electrons. The Labute approximate surface area is 188 Å². The lowest BCUT2D eigenvalue weighted by Gasteiger charge is -2.18. The Morgan fingerprint density at radius 1 is 1.18 bits per heavy atom. The van der Waals surface area contributed by atoms with Gasteiger partial charge in [-0.05, 0) is 50.2 Å². The average molecular weight is 486 g/mol. The van der Waals surface area contributed by atoms with Gasteiger partial charge in [0.25, 0.3) is 21.8 Å². The van der Waals surface area contributed by atoms with Crippen LogP contribution in [0.2, 0.25) is 0 Å². The number of alkyl halides is 3. The molecule has 1 unspecified atom stereocenters. The van der Waals surface area contributed by atoms with Gasteiger partial charge in [0.1, 0.15) is 23.4 Å². The quantitative estimate of drug-likeness (QED) is 0.622. The van der Waals surface area contributed by atoms with Gasteiger partial charge in [-0.2, -0.15) is 13.2 Å².